The van der Waals surface area contributed by atoms with Crippen molar-refractivity contribution in [2.45, 2.75) is 50.2 Å². The predicted molar refractivity (Wildman–Crippen MR) is 77.7 cm³/mol. The summed E-state index contributed by atoms with van der Waals surface area (Å²) in [5, 5.41) is 19.7. The fourth-order valence-electron chi connectivity index (χ4n) is 3.57. The summed E-state index contributed by atoms with van der Waals surface area (Å²) in [5.41, 5.74) is -0.670. The largest absolute Gasteiger partial charge is 0.481 e. The number of piperidine rings is 1. The van der Waals surface area contributed by atoms with Gasteiger partial charge < -0.3 is 20.0 Å². The lowest BCUT2D eigenvalue weighted by atomic mass is 9.78. The van der Waals surface area contributed by atoms with Gasteiger partial charge in [0, 0.05) is 12.6 Å². The number of likely N-dealkylation sites (tertiary alicyclic amines) is 1. The van der Waals surface area contributed by atoms with Crippen LogP contribution in [0.25, 0.3) is 0 Å². The summed E-state index contributed by atoms with van der Waals surface area (Å²) in [5.74, 6) is -0.964. The zero-order valence-electron chi connectivity index (χ0n) is 12.7. The highest BCUT2D eigenvalue weighted by Gasteiger charge is 2.37. The van der Waals surface area contributed by atoms with Crippen LogP contribution >= 0.6 is 0 Å². The van der Waals surface area contributed by atoms with E-state index in [2.05, 4.69) is 23.9 Å². The van der Waals surface area contributed by atoms with Gasteiger partial charge in [0.25, 0.3) is 0 Å². The van der Waals surface area contributed by atoms with Crippen LogP contribution in [0.2, 0.25) is 0 Å². The van der Waals surface area contributed by atoms with E-state index in [-0.39, 0.29) is 5.92 Å². The minimum atomic E-state index is -0.709. The van der Waals surface area contributed by atoms with Crippen molar-refractivity contribution in [3.05, 3.63) is 0 Å². The number of β-amino-alcohol motifs (C(OH)–C–C–N with tert-alkyl or cyclic N) is 1. The van der Waals surface area contributed by atoms with Crippen LogP contribution in [-0.4, -0.2) is 71.4 Å². The molecule has 0 bridgehead atoms. The number of hydrogen-bond acceptors (Lipinski definition) is 4. The zero-order chi connectivity index (χ0) is 14.8. The lowest BCUT2D eigenvalue weighted by Gasteiger charge is -2.42. The second kappa shape index (κ2) is 6.41. The van der Waals surface area contributed by atoms with Crippen LogP contribution in [-0.2, 0) is 4.79 Å². The van der Waals surface area contributed by atoms with Gasteiger partial charge in [-0.1, -0.05) is 0 Å². The summed E-state index contributed by atoms with van der Waals surface area (Å²) in [6.07, 6.45) is 4.77. The van der Waals surface area contributed by atoms with Gasteiger partial charge in [-0.05, 0) is 65.7 Å². The maximum atomic E-state index is 11.0. The molecule has 0 radical (unpaired) electrons. The second-order valence-electron chi connectivity index (χ2n) is 6.81. The van der Waals surface area contributed by atoms with Gasteiger partial charge in [0.2, 0.25) is 0 Å². The number of carboxylic acid groups (broad SMARTS) is 1. The van der Waals surface area contributed by atoms with Crippen molar-refractivity contribution in [3.63, 3.8) is 0 Å². The van der Waals surface area contributed by atoms with E-state index >= 15 is 0 Å². The molecule has 2 N–H and O–H groups in total. The summed E-state index contributed by atoms with van der Waals surface area (Å²) in [6.45, 7) is 2.78. The molecule has 2 aliphatic rings. The molecule has 0 aromatic carbocycles. The van der Waals surface area contributed by atoms with E-state index in [1.54, 1.807) is 0 Å². The molecule has 0 unspecified atom stereocenters. The predicted octanol–water partition coefficient (Wildman–Crippen LogP) is 1.02. The first-order valence-corrected chi connectivity index (χ1v) is 7.73. The summed E-state index contributed by atoms with van der Waals surface area (Å²) < 4.78 is 0. The number of carboxylic acids is 1. The monoisotopic (exact) mass is 284 g/mol. The van der Waals surface area contributed by atoms with E-state index in [0.29, 0.717) is 38.3 Å². The minimum absolute atomic E-state index is 0.255. The highest BCUT2D eigenvalue weighted by atomic mass is 16.4. The van der Waals surface area contributed by atoms with Gasteiger partial charge in [0.05, 0.1) is 11.5 Å². The number of rotatable bonds is 4. The number of carbonyl (C=O) groups is 1. The lowest BCUT2D eigenvalue weighted by Crippen LogP contribution is -2.50. The Balaban J connectivity index is 1.78. The Bertz CT molecular complexity index is 330. The van der Waals surface area contributed by atoms with Crippen molar-refractivity contribution >= 4 is 5.97 Å². The zero-order valence-corrected chi connectivity index (χ0v) is 12.7. The van der Waals surface area contributed by atoms with E-state index in [4.69, 9.17) is 5.11 Å². The number of aliphatic hydroxyl groups is 1. The minimum Gasteiger partial charge on any atom is -0.481 e. The molecule has 5 nitrogen and oxygen atoms in total. The molecule has 1 aliphatic carbocycles. The first kappa shape index (κ1) is 15.7. The van der Waals surface area contributed by atoms with Crippen molar-refractivity contribution in [1.29, 1.82) is 0 Å². The Kier molecular flexibility index (Phi) is 5.04. The third kappa shape index (κ3) is 3.93. The molecule has 0 atom stereocenters. The van der Waals surface area contributed by atoms with Crippen molar-refractivity contribution in [2.24, 2.45) is 5.92 Å². The molecule has 5 heteroatoms. The van der Waals surface area contributed by atoms with Crippen LogP contribution in [0.4, 0.5) is 0 Å². The van der Waals surface area contributed by atoms with Crippen molar-refractivity contribution in [2.75, 3.05) is 33.7 Å². The van der Waals surface area contributed by atoms with Gasteiger partial charge >= 0.3 is 5.97 Å². The first-order valence-electron chi connectivity index (χ1n) is 7.73. The van der Waals surface area contributed by atoms with Crippen molar-refractivity contribution in [3.8, 4) is 0 Å². The van der Waals surface area contributed by atoms with Crippen LogP contribution in [0.5, 0.6) is 0 Å². The quantitative estimate of drug-likeness (QED) is 0.807. The Hall–Kier alpha value is -0.650. The van der Waals surface area contributed by atoms with Crippen molar-refractivity contribution < 1.29 is 15.0 Å². The fraction of sp³-hybridized carbons (Fsp3) is 0.933. The molecular weight excluding hydrogens is 256 g/mol. The number of hydrogen-bond donors (Lipinski definition) is 2. The molecule has 0 amide bonds. The molecule has 1 heterocycles. The third-order valence-electron chi connectivity index (χ3n) is 5.07. The van der Waals surface area contributed by atoms with E-state index in [1.165, 1.54) is 0 Å². The molecule has 0 aromatic rings. The van der Waals surface area contributed by atoms with Gasteiger partial charge in [-0.15, -0.1) is 0 Å². The van der Waals surface area contributed by atoms with Gasteiger partial charge in [-0.25, -0.2) is 0 Å². The molecule has 0 spiro atoms. The Labute approximate surface area is 121 Å². The number of aliphatic carboxylic acids is 1. The molecule has 2 fully saturated rings. The Morgan fingerprint density at radius 1 is 1.20 bits per heavy atom. The molecule has 0 aromatic heterocycles. The standard InChI is InChI=1S/C15H28N2O3/c1-16(2)13-5-9-17(10-6-13)11-15(20)7-3-12(4-8-15)14(18)19/h12-13,20H,3-11H2,1-2H3,(H,18,19). The van der Waals surface area contributed by atoms with E-state index in [1.807, 2.05) is 0 Å². The molecule has 116 valence electrons. The summed E-state index contributed by atoms with van der Waals surface area (Å²) in [6, 6.07) is 0.656. The summed E-state index contributed by atoms with van der Waals surface area (Å²) >= 11 is 0. The maximum Gasteiger partial charge on any atom is 0.306 e. The number of nitrogens with zero attached hydrogens (tertiary/aromatic N) is 2. The highest BCUT2D eigenvalue weighted by molar-refractivity contribution is 5.70. The average Bonchev–Trinajstić information content (AvgIpc) is 2.39. The van der Waals surface area contributed by atoms with Crippen LogP contribution < -0.4 is 0 Å². The van der Waals surface area contributed by atoms with Crippen molar-refractivity contribution in [1.82, 2.24) is 9.80 Å². The third-order valence-corrected chi connectivity index (χ3v) is 5.07. The summed E-state index contributed by atoms with van der Waals surface area (Å²) in [7, 11) is 4.25. The van der Waals surface area contributed by atoms with Gasteiger partial charge in [-0.2, -0.15) is 0 Å². The van der Waals surface area contributed by atoms with E-state index < -0.39 is 11.6 Å². The summed E-state index contributed by atoms with van der Waals surface area (Å²) in [4.78, 5) is 15.6. The highest BCUT2D eigenvalue weighted by Crippen LogP contribution is 2.33. The van der Waals surface area contributed by atoms with Gasteiger partial charge in [-0.3, -0.25) is 4.79 Å². The first-order chi connectivity index (χ1) is 9.39. The lowest BCUT2D eigenvalue weighted by molar-refractivity contribution is -0.145. The maximum absolute atomic E-state index is 11.0. The van der Waals surface area contributed by atoms with Crippen LogP contribution in [0.3, 0.4) is 0 Å². The molecule has 20 heavy (non-hydrogen) atoms. The normalized spacial score (nSPS) is 33.5. The molecule has 2 rings (SSSR count). The van der Waals surface area contributed by atoms with Gasteiger partial charge in [0.15, 0.2) is 0 Å². The van der Waals surface area contributed by atoms with E-state index in [9.17, 15) is 9.90 Å². The molecular formula is C15H28N2O3. The second-order valence-corrected chi connectivity index (χ2v) is 6.81. The Morgan fingerprint density at radius 3 is 2.20 bits per heavy atom. The fourth-order valence-corrected chi connectivity index (χ4v) is 3.57. The molecule has 1 saturated carbocycles. The Morgan fingerprint density at radius 2 is 1.75 bits per heavy atom. The topological polar surface area (TPSA) is 64.0 Å². The average molecular weight is 284 g/mol. The molecule has 1 aliphatic heterocycles. The SMILES string of the molecule is CN(C)C1CCN(CC2(O)CCC(C(=O)O)CC2)CC1. The van der Waals surface area contributed by atoms with Gasteiger partial charge in [0.1, 0.15) is 0 Å². The van der Waals surface area contributed by atoms with Crippen LogP contribution in [0, 0.1) is 5.92 Å². The molecule has 1 saturated heterocycles. The van der Waals surface area contributed by atoms with Crippen LogP contribution in [0.15, 0.2) is 0 Å². The smallest absolute Gasteiger partial charge is 0.306 e. The van der Waals surface area contributed by atoms with E-state index in [0.717, 1.165) is 25.9 Å². The van der Waals surface area contributed by atoms with Crippen LogP contribution in [0.1, 0.15) is 38.5 Å².